The smallest absolute Gasteiger partial charge is 0.306 e. The number of carboxylic acids is 1. The number of ether oxygens (including phenoxy) is 1. The molecule has 4 fully saturated rings. The molecule has 9 nitrogen and oxygen atoms in total. The number of carbonyl (C=O) groups is 3. The Morgan fingerprint density at radius 3 is 2.54 bits per heavy atom. The van der Waals surface area contributed by atoms with Crippen LogP contribution in [-0.2, 0) is 19.1 Å². The molecule has 2 aliphatic carbocycles. The summed E-state index contributed by atoms with van der Waals surface area (Å²) in [7, 11) is 0. The maximum absolute atomic E-state index is 13.0. The minimum atomic E-state index is -2.09. The lowest BCUT2D eigenvalue weighted by Crippen LogP contribution is -2.62. The van der Waals surface area contributed by atoms with Gasteiger partial charge in [0.25, 0.3) is 11.8 Å². The molecule has 2 bridgehead atoms. The molecule has 2 saturated heterocycles. The number of unbranched alkanes of at least 4 members (excludes halogenated alkanes) is 3. The van der Waals surface area contributed by atoms with Crippen molar-refractivity contribution < 1.29 is 39.5 Å². The van der Waals surface area contributed by atoms with E-state index >= 15 is 0 Å². The molecule has 0 spiro atoms. The van der Waals surface area contributed by atoms with Crippen molar-refractivity contribution >= 4 is 17.8 Å². The van der Waals surface area contributed by atoms with Gasteiger partial charge in [-0.2, -0.15) is 0 Å². The molecule has 0 aromatic heterocycles. The van der Waals surface area contributed by atoms with Crippen LogP contribution in [0.15, 0.2) is 23.5 Å². The van der Waals surface area contributed by atoms with Gasteiger partial charge in [-0.05, 0) is 50.4 Å². The van der Waals surface area contributed by atoms with Crippen molar-refractivity contribution in [2.75, 3.05) is 0 Å². The molecule has 0 aromatic carbocycles. The second-order valence-electron chi connectivity index (χ2n) is 10.8. The van der Waals surface area contributed by atoms with Crippen LogP contribution in [0, 0.1) is 29.6 Å². The standard InChI is InChI=1S/C26H37NO8/c1-4-6-7-8-10-26(34)18(22(29)27-24(26)32)20-17-16-13(3)11-14(23(30)31)12-15(16)19(28)21(35-20)25(17,33)9-5-2/h5,9,13-17,19,21,28,33-34H,4,6-8,10-12H2,1-3H3,(H,30,31)(H,27,29,32)/b9-5+,20-18-/t13-,14+,15+,16+,17+,19-,21+,25?,26+/m0/s1. The van der Waals surface area contributed by atoms with E-state index in [1.54, 1.807) is 19.1 Å². The summed E-state index contributed by atoms with van der Waals surface area (Å²) in [5, 5.41) is 46.5. The van der Waals surface area contributed by atoms with Crippen molar-refractivity contribution in [1.29, 1.82) is 0 Å². The average Bonchev–Trinajstić information content (AvgIpc) is 3.13. The first-order valence-corrected chi connectivity index (χ1v) is 12.8. The van der Waals surface area contributed by atoms with Crippen molar-refractivity contribution in [3.8, 4) is 0 Å². The van der Waals surface area contributed by atoms with E-state index in [-0.39, 0.29) is 30.1 Å². The quantitative estimate of drug-likeness (QED) is 0.156. The molecule has 2 aliphatic heterocycles. The number of carbonyl (C=O) groups excluding carboxylic acids is 2. The number of hydrogen-bond acceptors (Lipinski definition) is 7. The third kappa shape index (κ3) is 3.92. The molecule has 4 rings (SSSR count). The molecule has 2 amide bonds. The van der Waals surface area contributed by atoms with Gasteiger partial charge in [-0.3, -0.25) is 19.7 Å². The van der Waals surface area contributed by atoms with Gasteiger partial charge < -0.3 is 25.2 Å². The summed E-state index contributed by atoms with van der Waals surface area (Å²) in [4.78, 5) is 37.6. The van der Waals surface area contributed by atoms with Crippen LogP contribution in [0.4, 0.5) is 0 Å². The van der Waals surface area contributed by atoms with Gasteiger partial charge >= 0.3 is 5.97 Å². The zero-order chi connectivity index (χ0) is 25.7. The second kappa shape index (κ2) is 9.33. The Labute approximate surface area is 205 Å². The molecule has 0 aromatic rings. The van der Waals surface area contributed by atoms with Crippen molar-refractivity contribution in [2.24, 2.45) is 29.6 Å². The lowest BCUT2D eigenvalue weighted by Gasteiger charge is -2.52. The SMILES string of the molecule is C/C=C/C1(O)[C@@H]2O/C(=C3/C(=O)NC(=O)[C@@]3(O)CCCCCC)[C@H]1[C@H]1[C@@H](C[C@H](C(=O)O)C[C@@H]1C)[C@@H]2O. The highest BCUT2D eigenvalue weighted by atomic mass is 16.5. The maximum atomic E-state index is 13.0. The van der Waals surface area contributed by atoms with Crippen LogP contribution in [0.2, 0.25) is 0 Å². The van der Waals surface area contributed by atoms with Crippen LogP contribution < -0.4 is 5.32 Å². The fourth-order valence-electron chi connectivity index (χ4n) is 7.11. The Balaban J connectivity index is 1.83. The highest BCUT2D eigenvalue weighted by Gasteiger charge is 2.69. The third-order valence-corrected chi connectivity index (χ3v) is 8.65. The molecular weight excluding hydrogens is 454 g/mol. The number of carboxylic acid groups (broad SMARTS) is 1. The molecule has 9 atom stereocenters. The van der Waals surface area contributed by atoms with Crippen LogP contribution >= 0.6 is 0 Å². The van der Waals surface area contributed by atoms with E-state index in [9.17, 15) is 34.8 Å². The van der Waals surface area contributed by atoms with E-state index in [1.165, 1.54) is 0 Å². The first kappa shape index (κ1) is 25.9. The predicted molar refractivity (Wildman–Crippen MR) is 125 cm³/mol. The molecule has 1 unspecified atom stereocenters. The lowest BCUT2D eigenvalue weighted by atomic mass is 9.53. The summed E-state index contributed by atoms with van der Waals surface area (Å²) in [6, 6.07) is 0. The topological polar surface area (TPSA) is 153 Å². The Bertz CT molecular complexity index is 959. The number of imide groups is 1. The number of amides is 2. The number of aliphatic hydroxyl groups is 3. The normalized spacial score (nSPS) is 44.9. The highest BCUT2D eigenvalue weighted by molar-refractivity contribution is 6.19. The first-order valence-electron chi connectivity index (χ1n) is 12.8. The first-order chi connectivity index (χ1) is 16.5. The maximum Gasteiger partial charge on any atom is 0.306 e. The van der Waals surface area contributed by atoms with E-state index < -0.39 is 64.9 Å². The van der Waals surface area contributed by atoms with Crippen LogP contribution in [0.1, 0.15) is 65.7 Å². The van der Waals surface area contributed by atoms with Gasteiger partial charge in [0, 0.05) is 0 Å². The molecule has 4 aliphatic rings. The van der Waals surface area contributed by atoms with E-state index in [4.69, 9.17) is 4.74 Å². The predicted octanol–water partition coefficient (Wildman–Crippen LogP) is 1.66. The zero-order valence-electron chi connectivity index (χ0n) is 20.6. The van der Waals surface area contributed by atoms with Crippen molar-refractivity contribution in [3.63, 3.8) is 0 Å². The van der Waals surface area contributed by atoms with Crippen LogP contribution in [0.3, 0.4) is 0 Å². The average molecular weight is 492 g/mol. The molecule has 194 valence electrons. The summed E-state index contributed by atoms with van der Waals surface area (Å²) in [6.07, 6.45) is 4.69. The molecule has 35 heavy (non-hydrogen) atoms. The van der Waals surface area contributed by atoms with Gasteiger partial charge in [0.1, 0.15) is 11.4 Å². The third-order valence-electron chi connectivity index (χ3n) is 8.65. The summed E-state index contributed by atoms with van der Waals surface area (Å²) in [6.45, 7) is 5.65. The highest BCUT2D eigenvalue weighted by Crippen LogP contribution is 2.61. The van der Waals surface area contributed by atoms with Crippen LogP contribution in [0.25, 0.3) is 0 Å². The Kier molecular flexibility index (Phi) is 6.89. The van der Waals surface area contributed by atoms with E-state index in [0.29, 0.717) is 12.8 Å². The van der Waals surface area contributed by atoms with Crippen molar-refractivity contribution in [3.05, 3.63) is 23.5 Å². The molecule has 2 heterocycles. The Morgan fingerprint density at radius 1 is 1.20 bits per heavy atom. The van der Waals surface area contributed by atoms with E-state index in [2.05, 4.69) is 5.32 Å². The monoisotopic (exact) mass is 491 g/mol. The van der Waals surface area contributed by atoms with Gasteiger partial charge in [0.2, 0.25) is 0 Å². The largest absolute Gasteiger partial charge is 0.488 e. The van der Waals surface area contributed by atoms with Gasteiger partial charge in [-0.15, -0.1) is 0 Å². The van der Waals surface area contributed by atoms with E-state index in [1.807, 2.05) is 13.8 Å². The summed E-state index contributed by atoms with van der Waals surface area (Å²) < 4.78 is 6.14. The summed E-state index contributed by atoms with van der Waals surface area (Å²) in [5.41, 5.74) is -3.94. The molecule has 9 heteroatoms. The van der Waals surface area contributed by atoms with Gasteiger partial charge in [-0.1, -0.05) is 45.3 Å². The second-order valence-corrected chi connectivity index (χ2v) is 10.8. The minimum Gasteiger partial charge on any atom is -0.488 e. The Morgan fingerprint density at radius 2 is 1.91 bits per heavy atom. The van der Waals surface area contributed by atoms with Crippen molar-refractivity contribution in [1.82, 2.24) is 5.32 Å². The van der Waals surface area contributed by atoms with E-state index in [0.717, 1.165) is 19.3 Å². The number of allylic oxidation sites excluding steroid dienone is 1. The van der Waals surface area contributed by atoms with Gasteiger partial charge in [-0.25, -0.2) is 0 Å². The molecule has 5 N–H and O–H groups in total. The summed E-state index contributed by atoms with van der Waals surface area (Å²) in [5.74, 6) is -4.98. The van der Waals surface area contributed by atoms with Gasteiger partial charge in [0.15, 0.2) is 11.7 Å². The molecule has 2 saturated carbocycles. The number of rotatable bonds is 7. The van der Waals surface area contributed by atoms with Gasteiger partial charge in [0.05, 0.1) is 23.5 Å². The minimum absolute atomic E-state index is 0.0412. The zero-order valence-corrected chi connectivity index (χ0v) is 20.6. The number of aliphatic hydroxyl groups excluding tert-OH is 1. The number of fused-ring (bicyclic) bond motifs is 4. The fraction of sp³-hybridized carbons (Fsp3) is 0.731. The van der Waals surface area contributed by atoms with Crippen molar-refractivity contribution in [2.45, 2.75) is 89.1 Å². The fourth-order valence-corrected chi connectivity index (χ4v) is 7.11. The number of nitrogens with one attached hydrogen (secondary N) is 1. The van der Waals surface area contributed by atoms with Crippen LogP contribution in [0.5, 0.6) is 0 Å². The summed E-state index contributed by atoms with van der Waals surface area (Å²) >= 11 is 0. The van der Waals surface area contributed by atoms with Crippen LogP contribution in [-0.4, -0.2) is 61.6 Å². The number of aliphatic carboxylic acids is 1. The molecular formula is C26H37NO8. The lowest BCUT2D eigenvalue weighted by molar-refractivity contribution is -0.170. The molecule has 0 radical (unpaired) electrons. The Hall–Kier alpha value is -2.23. The number of hydrogen-bond donors (Lipinski definition) is 5.